The highest BCUT2D eigenvalue weighted by molar-refractivity contribution is 5.99. The maximum atomic E-state index is 14.1. The van der Waals surface area contributed by atoms with E-state index in [0.717, 1.165) is 32.4 Å². The number of halogens is 6. The van der Waals surface area contributed by atoms with E-state index in [4.69, 9.17) is 4.74 Å². The summed E-state index contributed by atoms with van der Waals surface area (Å²) in [6, 6.07) is 2.49. The number of alkyl halides is 3. The van der Waals surface area contributed by atoms with Gasteiger partial charge in [-0.15, -0.1) is 0 Å². The van der Waals surface area contributed by atoms with Gasteiger partial charge in [0.1, 0.15) is 11.5 Å². The minimum absolute atomic E-state index is 0.0199. The van der Waals surface area contributed by atoms with E-state index in [1.54, 1.807) is 0 Å². The maximum absolute atomic E-state index is 14.1. The highest BCUT2D eigenvalue weighted by Crippen LogP contribution is 2.37. The third kappa shape index (κ3) is 5.90. The Bertz CT molecular complexity index is 1010. The van der Waals surface area contributed by atoms with Gasteiger partial charge in [-0.1, -0.05) is 0 Å². The molecule has 0 aromatic heterocycles. The first-order valence-corrected chi connectivity index (χ1v) is 8.15. The Morgan fingerprint density at radius 2 is 1.58 bits per heavy atom. The van der Waals surface area contributed by atoms with Crippen LogP contribution in [0.5, 0.6) is 11.5 Å². The third-order valence-electron chi connectivity index (χ3n) is 3.62. The predicted molar refractivity (Wildman–Crippen MR) is 93.6 cm³/mol. The molecule has 0 amide bonds. The van der Waals surface area contributed by atoms with E-state index in [-0.39, 0.29) is 12.1 Å². The van der Waals surface area contributed by atoms with Crippen molar-refractivity contribution in [1.29, 1.82) is 0 Å². The van der Waals surface area contributed by atoms with E-state index in [2.05, 4.69) is 14.8 Å². The fraction of sp³-hybridized carbons (Fsp3) is 0.158. The van der Waals surface area contributed by atoms with Gasteiger partial charge in [0.15, 0.2) is 23.1 Å². The van der Waals surface area contributed by atoms with Crippen LogP contribution in [0.25, 0.3) is 0 Å². The number of rotatable bonds is 6. The van der Waals surface area contributed by atoms with Crippen molar-refractivity contribution in [1.82, 2.24) is 0 Å². The summed E-state index contributed by atoms with van der Waals surface area (Å²) in [4.78, 5) is 23.3. The number of carbonyl (C=O) groups is 2. The number of hydrogen-bond acceptors (Lipinski definition) is 6. The van der Waals surface area contributed by atoms with Crippen LogP contribution in [0, 0.1) is 17.5 Å². The van der Waals surface area contributed by atoms with Crippen molar-refractivity contribution in [2.75, 3.05) is 19.5 Å². The smallest absolute Gasteiger partial charge is 0.416 e. The molecule has 0 unspecified atom stereocenters. The van der Waals surface area contributed by atoms with E-state index in [1.165, 1.54) is 0 Å². The first-order chi connectivity index (χ1) is 14.5. The zero-order valence-electron chi connectivity index (χ0n) is 15.8. The van der Waals surface area contributed by atoms with Gasteiger partial charge in [0.25, 0.3) is 0 Å². The maximum Gasteiger partial charge on any atom is 0.416 e. The Morgan fingerprint density at radius 1 is 0.968 bits per heavy atom. The molecule has 12 heteroatoms. The van der Waals surface area contributed by atoms with Crippen LogP contribution in [0.2, 0.25) is 0 Å². The third-order valence-corrected chi connectivity index (χ3v) is 3.62. The summed E-state index contributed by atoms with van der Waals surface area (Å²) in [7, 11) is 1.99. The fourth-order valence-electron chi connectivity index (χ4n) is 2.20. The van der Waals surface area contributed by atoms with Gasteiger partial charge in [-0.2, -0.15) is 13.2 Å². The summed E-state index contributed by atoms with van der Waals surface area (Å²) in [5.74, 6) is -8.02. The van der Waals surface area contributed by atoms with Gasteiger partial charge in [-0.25, -0.2) is 22.8 Å². The summed E-state index contributed by atoms with van der Waals surface area (Å²) in [6.07, 6.45) is -4.35. The van der Waals surface area contributed by atoms with Crippen molar-refractivity contribution < 1.29 is 50.1 Å². The zero-order chi connectivity index (χ0) is 23.3. The molecule has 0 aliphatic carbocycles. The molecule has 0 radical (unpaired) electrons. The SMILES string of the molecule is COC(=O)/C=C(/Nc1cc(F)ccc1Oc1c(F)cc(C(F)(F)F)cc1F)C(=O)OC. The van der Waals surface area contributed by atoms with Gasteiger partial charge in [0.2, 0.25) is 0 Å². The van der Waals surface area contributed by atoms with Crippen molar-refractivity contribution in [2.45, 2.75) is 6.18 Å². The molecule has 0 atom stereocenters. The lowest BCUT2D eigenvalue weighted by Gasteiger charge is -2.16. The van der Waals surface area contributed by atoms with Gasteiger partial charge >= 0.3 is 18.1 Å². The van der Waals surface area contributed by atoms with Crippen LogP contribution >= 0.6 is 0 Å². The Balaban J connectivity index is 2.48. The quantitative estimate of drug-likeness (QED) is 0.396. The highest BCUT2D eigenvalue weighted by Gasteiger charge is 2.33. The first kappa shape index (κ1) is 23.6. The molecule has 166 valence electrons. The Morgan fingerprint density at radius 3 is 2.10 bits per heavy atom. The van der Waals surface area contributed by atoms with E-state index in [9.17, 15) is 35.9 Å². The number of methoxy groups -OCH3 is 2. The molecule has 6 nitrogen and oxygen atoms in total. The predicted octanol–water partition coefficient (Wildman–Crippen LogP) is 4.56. The molecular weight excluding hydrogens is 436 g/mol. The average Bonchev–Trinajstić information content (AvgIpc) is 2.69. The van der Waals surface area contributed by atoms with E-state index >= 15 is 0 Å². The van der Waals surface area contributed by atoms with Crippen molar-refractivity contribution in [3.63, 3.8) is 0 Å². The van der Waals surface area contributed by atoms with E-state index < -0.39 is 64.0 Å². The summed E-state index contributed by atoms with van der Waals surface area (Å²) < 4.78 is 93.8. The lowest BCUT2D eigenvalue weighted by atomic mass is 10.2. The number of nitrogens with one attached hydrogen (secondary N) is 1. The standard InChI is InChI=1S/C19H13F6NO5/c1-29-16(27)8-14(18(28)30-2)26-13-7-10(20)3-4-15(13)31-17-11(21)5-9(6-12(17)22)19(23,24)25/h3-8,26H,1-2H3/b14-8+. The number of hydrogen-bond donors (Lipinski definition) is 1. The molecule has 0 fully saturated rings. The molecule has 0 bridgehead atoms. The number of ether oxygens (including phenoxy) is 3. The second-order valence-electron chi connectivity index (χ2n) is 5.71. The van der Waals surface area contributed by atoms with Gasteiger partial charge in [-0.3, -0.25) is 0 Å². The highest BCUT2D eigenvalue weighted by atomic mass is 19.4. The molecule has 2 rings (SSSR count). The lowest BCUT2D eigenvalue weighted by molar-refractivity contribution is -0.138. The lowest BCUT2D eigenvalue weighted by Crippen LogP contribution is -2.16. The second-order valence-corrected chi connectivity index (χ2v) is 5.71. The van der Waals surface area contributed by atoms with Crippen LogP contribution in [0.1, 0.15) is 5.56 Å². The zero-order valence-corrected chi connectivity index (χ0v) is 15.8. The van der Waals surface area contributed by atoms with Crippen molar-refractivity contribution >= 4 is 17.6 Å². The van der Waals surface area contributed by atoms with Gasteiger partial charge in [-0.05, 0) is 24.3 Å². The summed E-state index contributed by atoms with van der Waals surface area (Å²) in [5.41, 5.74) is -2.54. The van der Waals surface area contributed by atoms with E-state index in [1.807, 2.05) is 0 Å². The minimum Gasteiger partial charge on any atom is -0.466 e. The topological polar surface area (TPSA) is 73.9 Å². The summed E-state index contributed by atoms with van der Waals surface area (Å²) in [5, 5.41) is 2.30. The Kier molecular flexibility index (Phi) is 7.16. The monoisotopic (exact) mass is 449 g/mol. The Hall–Kier alpha value is -3.70. The van der Waals surface area contributed by atoms with Crippen LogP contribution in [-0.4, -0.2) is 26.2 Å². The van der Waals surface area contributed by atoms with Crippen LogP contribution in [0.4, 0.5) is 32.0 Å². The Labute approximate surface area is 171 Å². The minimum atomic E-state index is -5.00. The van der Waals surface area contributed by atoms with Crippen LogP contribution in [0.3, 0.4) is 0 Å². The molecule has 0 heterocycles. The number of carbonyl (C=O) groups excluding carboxylic acids is 2. The van der Waals surface area contributed by atoms with Crippen LogP contribution < -0.4 is 10.1 Å². The van der Waals surface area contributed by atoms with E-state index in [0.29, 0.717) is 6.08 Å². The average molecular weight is 449 g/mol. The summed E-state index contributed by atoms with van der Waals surface area (Å²) in [6.45, 7) is 0. The molecule has 2 aromatic rings. The van der Waals surface area contributed by atoms with Crippen molar-refractivity contribution in [3.8, 4) is 11.5 Å². The number of anilines is 1. The first-order valence-electron chi connectivity index (χ1n) is 8.15. The fourth-order valence-corrected chi connectivity index (χ4v) is 2.20. The number of esters is 2. The van der Waals surface area contributed by atoms with Gasteiger partial charge in [0.05, 0.1) is 31.5 Å². The molecular formula is C19H13F6NO5. The van der Waals surface area contributed by atoms with Crippen molar-refractivity contribution in [3.05, 3.63) is 65.1 Å². The molecule has 0 saturated heterocycles. The molecule has 31 heavy (non-hydrogen) atoms. The van der Waals surface area contributed by atoms with Crippen LogP contribution in [-0.2, 0) is 25.2 Å². The molecule has 1 N–H and O–H groups in total. The molecule has 0 aliphatic heterocycles. The normalized spacial score (nSPS) is 11.7. The van der Waals surface area contributed by atoms with Gasteiger partial charge in [0, 0.05) is 6.07 Å². The summed E-state index contributed by atoms with van der Waals surface area (Å²) >= 11 is 0. The molecule has 0 saturated carbocycles. The molecule has 0 aliphatic rings. The van der Waals surface area contributed by atoms with Crippen LogP contribution in [0.15, 0.2) is 42.1 Å². The largest absolute Gasteiger partial charge is 0.466 e. The number of benzene rings is 2. The van der Waals surface area contributed by atoms with Gasteiger partial charge < -0.3 is 19.5 Å². The molecule has 2 aromatic carbocycles. The molecule has 0 spiro atoms. The second kappa shape index (κ2) is 9.41. The van der Waals surface area contributed by atoms with Crippen molar-refractivity contribution in [2.24, 2.45) is 0 Å².